The smallest absolute Gasteiger partial charge is 0.381 e. The minimum atomic E-state index is -5.17. The summed E-state index contributed by atoms with van der Waals surface area (Å²) in [5, 5.41) is 2.84. The van der Waals surface area contributed by atoms with Crippen molar-refractivity contribution in [2.75, 3.05) is 13.2 Å². The van der Waals surface area contributed by atoms with Crippen LogP contribution in [0.15, 0.2) is 22.7 Å². The number of amides is 2. The van der Waals surface area contributed by atoms with Crippen LogP contribution >= 0.6 is 0 Å². The average Bonchev–Trinajstić information content (AvgIpc) is 3.11. The molecule has 4 atom stereocenters. The van der Waals surface area contributed by atoms with Crippen LogP contribution in [-0.2, 0) is 21.9 Å². The van der Waals surface area contributed by atoms with Crippen LogP contribution < -0.4 is 5.73 Å². The number of hydrogen-bond acceptors (Lipinski definition) is 5. The van der Waals surface area contributed by atoms with E-state index in [9.17, 15) is 40.3 Å². The molecule has 7 nitrogen and oxygen atoms in total. The summed E-state index contributed by atoms with van der Waals surface area (Å²) in [6.07, 6.45) is -10.0. The third kappa shape index (κ3) is 3.94. The third-order valence-electron chi connectivity index (χ3n) is 7.35. The first kappa shape index (κ1) is 25.4. The summed E-state index contributed by atoms with van der Waals surface area (Å²) in [5.41, 5.74) is 0.202. The molecule has 3 fully saturated rings. The second-order valence-electron chi connectivity index (χ2n) is 9.42. The first-order chi connectivity index (χ1) is 17.2. The summed E-state index contributed by atoms with van der Waals surface area (Å²) in [7, 11) is 0. The van der Waals surface area contributed by atoms with Gasteiger partial charge < -0.3 is 19.9 Å². The molecule has 3 aliphatic rings. The molecule has 2 N–H and O–H groups in total. The lowest BCUT2D eigenvalue weighted by molar-refractivity contribution is -0.143. The average molecular weight is 539 g/mol. The third-order valence-corrected chi connectivity index (χ3v) is 7.35. The van der Waals surface area contributed by atoms with Gasteiger partial charge in [0, 0.05) is 17.9 Å². The van der Waals surface area contributed by atoms with Crippen molar-refractivity contribution in [3.05, 3.63) is 52.4 Å². The molecule has 15 heteroatoms. The molecule has 5 rings (SSSR count). The van der Waals surface area contributed by atoms with Crippen molar-refractivity contribution in [1.82, 2.24) is 10.1 Å². The molecule has 0 bridgehead atoms. The Labute approximate surface area is 202 Å². The lowest BCUT2D eigenvalue weighted by atomic mass is 9.76. The second-order valence-corrected chi connectivity index (χ2v) is 9.42. The standard InChI is InChI=1S/C22H17F8N3O4/c23-12-3-11(21(25,26)27)13(24)2-10(12)17(8-6-36-7-8)20-5-9(20)1-14(18(31)34)33(20)19(35)15-4-16(32-37-15)22(28,29)30/h2-4,8-9,14,17H,1,5-7H2,(H2,31,34)/t9?,14?,17-,20?/m1/s1. The zero-order chi connectivity index (χ0) is 27.1. The van der Waals surface area contributed by atoms with Crippen LogP contribution in [0.1, 0.15) is 46.1 Å². The number of likely N-dealkylation sites (tertiary alicyclic amines) is 1. The summed E-state index contributed by atoms with van der Waals surface area (Å²) in [5.74, 6) is -8.46. The molecule has 1 aromatic heterocycles. The summed E-state index contributed by atoms with van der Waals surface area (Å²) >= 11 is 0. The van der Waals surface area contributed by atoms with E-state index in [0.717, 1.165) is 4.90 Å². The van der Waals surface area contributed by atoms with Gasteiger partial charge in [-0.25, -0.2) is 8.78 Å². The van der Waals surface area contributed by atoms with E-state index in [-0.39, 0.29) is 32.1 Å². The van der Waals surface area contributed by atoms with Crippen LogP contribution in [0.2, 0.25) is 0 Å². The lowest BCUT2D eigenvalue weighted by Crippen LogP contribution is -2.55. The Bertz CT molecular complexity index is 1270. The predicted octanol–water partition coefficient (Wildman–Crippen LogP) is 3.88. The molecule has 1 saturated carbocycles. The van der Waals surface area contributed by atoms with Crippen LogP contribution in [-0.4, -0.2) is 46.7 Å². The molecule has 3 unspecified atom stereocenters. The Kier molecular flexibility index (Phi) is 5.59. The molecular weight excluding hydrogens is 522 g/mol. The molecular formula is C22H17F8N3O4. The SMILES string of the molecule is NC(=O)C1CC2CC2([C@@H](c2cc(F)c(C(F)(F)F)cc2F)C2COC2)N1C(=O)c1cc(C(F)(F)F)no1. The Morgan fingerprint density at radius 3 is 2.24 bits per heavy atom. The summed E-state index contributed by atoms with van der Waals surface area (Å²) in [6, 6.07) is -0.577. The highest BCUT2D eigenvalue weighted by atomic mass is 19.4. The van der Waals surface area contributed by atoms with Crippen molar-refractivity contribution in [1.29, 1.82) is 0 Å². The molecule has 2 amide bonds. The number of piperidine rings is 1. The number of benzene rings is 1. The highest BCUT2D eigenvalue weighted by molar-refractivity contribution is 5.97. The van der Waals surface area contributed by atoms with Gasteiger partial charge in [0.15, 0.2) is 5.69 Å². The molecule has 37 heavy (non-hydrogen) atoms. The van der Waals surface area contributed by atoms with Crippen LogP contribution in [0.5, 0.6) is 0 Å². The van der Waals surface area contributed by atoms with E-state index < -0.39 is 87.7 Å². The number of fused-ring (bicyclic) bond motifs is 1. The van der Waals surface area contributed by atoms with Gasteiger partial charge >= 0.3 is 12.4 Å². The topological polar surface area (TPSA) is 98.7 Å². The van der Waals surface area contributed by atoms with Gasteiger partial charge in [-0.05, 0) is 36.5 Å². The molecule has 200 valence electrons. The van der Waals surface area contributed by atoms with E-state index in [1.54, 1.807) is 0 Å². The monoisotopic (exact) mass is 539 g/mol. The predicted molar refractivity (Wildman–Crippen MR) is 105 cm³/mol. The van der Waals surface area contributed by atoms with E-state index in [1.807, 2.05) is 0 Å². The molecule has 0 radical (unpaired) electrons. The number of rotatable bonds is 5. The Balaban J connectivity index is 1.61. The highest BCUT2D eigenvalue weighted by Crippen LogP contribution is 2.67. The van der Waals surface area contributed by atoms with Gasteiger partial charge in [-0.1, -0.05) is 5.16 Å². The molecule has 1 aromatic carbocycles. The number of hydrogen-bond donors (Lipinski definition) is 1. The quantitative estimate of drug-likeness (QED) is 0.582. The normalized spacial score (nSPS) is 26.5. The van der Waals surface area contributed by atoms with Gasteiger partial charge in [-0.2, -0.15) is 26.3 Å². The molecule has 3 heterocycles. The number of aromatic nitrogens is 1. The summed E-state index contributed by atoms with van der Waals surface area (Å²) < 4.78 is 118. The fourth-order valence-corrected chi connectivity index (χ4v) is 5.71. The Morgan fingerprint density at radius 2 is 1.73 bits per heavy atom. The minimum absolute atomic E-state index is 0.00891. The van der Waals surface area contributed by atoms with Gasteiger partial charge in [-0.3, -0.25) is 9.59 Å². The Morgan fingerprint density at radius 1 is 1.05 bits per heavy atom. The highest BCUT2D eigenvalue weighted by Gasteiger charge is 2.73. The van der Waals surface area contributed by atoms with Gasteiger partial charge in [0.1, 0.15) is 17.7 Å². The van der Waals surface area contributed by atoms with Crippen molar-refractivity contribution >= 4 is 11.8 Å². The van der Waals surface area contributed by atoms with Crippen LogP contribution in [0.3, 0.4) is 0 Å². The maximum absolute atomic E-state index is 15.2. The number of nitrogens with zero attached hydrogens (tertiary/aromatic N) is 2. The van der Waals surface area contributed by atoms with Crippen LogP contribution in [0.4, 0.5) is 35.1 Å². The first-order valence-corrected chi connectivity index (χ1v) is 11.0. The van der Waals surface area contributed by atoms with E-state index in [1.165, 1.54) is 0 Å². The van der Waals surface area contributed by atoms with Crippen molar-refractivity contribution in [2.45, 2.75) is 42.7 Å². The fraction of sp³-hybridized carbons (Fsp3) is 0.500. The second kappa shape index (κ2) is 8.13. The lowest BCUT2D eigenvalue weighted by Gasteiger charge is -2.44. The van der Waals surface area contributed by atoms with Crippen molar-refractivity contribution in [2.24, 2.45) is 17.6 Å². The first-order valence-electron chi connectivity index (χ1n) is 11.0. The van der Waals surface area contributed by atoms with Gasteiger partial charge in [-0.15, -0.1) is 0 Å². The maximum atomic E-state index is 15.2. The number of carbonyl (C=O) groups is 2. The van der Waals surface area contributed by atoms with Crippen molar-refractivity contribution in [3.63, 3.8) is 0 Å². The fourth-order valence-electron chi connectivity index (χ4n) is 5.71. The molecule has 2 aromatic rings. The van der Waals surface area contributed by atoms with E-state index in [4.69, 9.17) is 10.5 Å². The molecule has 1 aliphatic carbocycles. The molecule has 2 saturated heterocycles. The van der Waals surface area contributed by atoms with Crippen LogP contribution in [0, 0.1) is 23.5 Å². The number of ether oxygens (including phenoxy) is 1. The number of carbonyl (C=O) groups excluding carboxylic acids is 2. The minimum Gasteiger partial charge on any atom is -0.381 e. The van der Waals surface area contributed by atoms with Gasteiger partial charge in [0.25, 0.3) is 5.91 Å². The summed E-state index contributed by atoms with van der Waals surface area (Å²) in [6.45, 7) is -0.0178. The van der Waals surface area contributed by atoms with Crippen molar-refractivity contribution < 1.29 is 54.0 Å². The van der Waals surface area contributed by atoms with Gasteiger partial charge in [0.2, 0.25) is 11.7 Å². The van der Waals surface area contributed by atoms with Gasteiger partial charge in [0.05, 0.1) is 24.3 Å². The number of halogens is 8. The zero-order valence-corrected chi connectivity index (χ0v) is 18.5. The van der Waals surface area contributed by atoms with E-state index in [2.05, 4.69) is 9.68 Å². The Hall–Kier alpha value is -3.23. The number of alkyl halides is 6. The molecule has 0 spiro atoms. The van der Waals surface area contributed by atoms with Crippen LogP contribution in [0.25, 0.3) is 0 Å². The largest absolute Gasteiger partial charge is 0.436 e. The number of nitrogens with two attached hydrogens (primary N) is 1. The molecule has 2 aliphatic heterocycles. The zero-order valence-electron chi connectivity index (χ0n) is 18.5. The summed E-state index contributed by atoms with van der Waals surface area (Å²) in [4.78, 5) is 26.5. The maximum Gasteiger partial charge on any atom is 0.436 e. The van der Waals surface area contributed by atoms with E-state index >= 15 is 4.39 Å². The number of primary amides is 1. The van der Waals surface area contributed by atoms with E-state index in [0.29, 0.717) is 12.1 Å². The van der Waals surface area contributed by atoms with Crippen molar-refractivity contribution in [3.8, 4) is 0 Å².